The Balaban J connectivity index is 3.37. The van der Waals surface area contributed by atoms with Crippen molar-refractivity contribution in [2.75, 3.05) is 12.9 Å². The molecule has 4 heteroatoms. The highest BCUT2D eigenvalue weighted by molar-refractivity contribution is 7.85. The summed E-state index contributed by atoms with van der Waals surface area (Å²) < 4.78 is 25.6. The summed E-state index contributed by atoms with van der Waals surface area (Å²) in [4.78, 5) is 0. The van der Waals surface area contributed by atoms with Crippen LogP contribution in [0.4, 0.5) is 0 Å². The van der Waals surface area contributed by atoms with Crippen molar-refractivity contribution >= 4 is 10.1 Å². The van der Waals surface area contributed by atoms with Crippen LogP contribution in [0.1, 0.15) is 32.1 Å². The minimum absolute atomic E-state index is 0.135. The van der Waals surface area contributed by atoms with Crippen LogP contribution in [-0.2, 0) is 14.3 Å². The number of hydrogen-bond acceptors (Lipinski definition) is 3. The lowest BCUT2D eigenvalue weighted by molar-refractivity contribution is 0.330. The van der Waals surface area contributed by atoms with Gasteiger partial charge in [-0.05, 0) is 12.8 Å². The standard InChI is InChI=1S/C11H16O3S/c1-3-4-5-6-7-8-9-10-11-14-15(2,12)13/h1H,4-7,10-11H2,2H3. The van der Waals surface area contributed by atoms with E-state index in [2.05, 4.69) is 21.9 Å². The van der Waals surface area contributed by atoms with Crippen LogP contribution in [0.3, 0.4) is 0 Å². The summed E-state index contributed by atoms with van der Waals surface area (Å²) in [6.07, 6.45) is 10.1. The van der Waals surface area contributed by atoms with E-state index in [1.165, 1.54) is 0 Å². The summed E-state index contributed by atoms with van der Waals surface area (Å²) in [6.45, 7) is 0.135. The van der Waals surface area contributed by atoms with E-state index in [4.69, 9.17) is 6.42 Å². The van der Waals surface area contributed by atoms with Gasteiger partial charge in [0.2, 0.25) is 0 Å². The SMILES string of the molecule is C#CCCCCC#CCCOS(C)(=O)=O. The summed E-state index contributed by atoms with van der Waals surface area (Å²) in [5, 5.41) is 0. The summed E-state index contributed by atoms with van der Waals surface area (Å²) in [5.41, 5.74) is 0. The van der Waals surface area contributed by atoms with Gasteiger partial charge in [0.05, 0.1) is 12.9 Å². The van der Waals surface area contributed by atoms with Crippen LogP contribution in [0.15, 0.2) is 0 Å². The Hall–Kier alpha value is -0.970. The van der Waals surface area contributed by atoms with Crippen LogP contribution in [0, 0.1) is 24.2 Å². The van der Waals surface area contributed by atoms with Crippen LogP contribution in [0.25, 0.3) is 0 Å². The van der Waals surface area contributed by atoms with E-state index >= 15 is 0 Å². The molecule has 0 atom stereocenters. The zero-order chi connectivity index (χ0) is 11.6. The molecule has 0 aromatic heterocycles. The zero-order valence-corrected chi connectivity index (χ0v) is 9.77. The maximum absolute atomic E-state index is 10.5. The van der Waals surface area contributed by atoms with Crippen molar-refractivity contribution in [1.82, 2.24) is 0 Å². The van der Waals surface area contributed by atoms with Gasteiger partial charge in [0.15, 0.2) is 0 Å². The van der Waals surface area contributed by atoms with Gasteiger partial charge in [-0.15, -0.1) is 24.2 Å². The van der Waals surface area contributed by atoms with E-state index in [1.54, 1.807) is 0 Å². The quantitative estimate of drug-likeness (QED) is 0.393. The Morgan fingerprint density at radius 3 is 2.33 bits per heavy atom. The molecule has 0 bridgehead atoms. The minimum Gasteiger partial charge on any atom is -0.269 e. The maximum Gasteiger partial charge on any atom is 0.264 e. The number of unbranched alkanes of at least 4 members (excludes halogenated alkanes) is 3. The maximum atomic E-state index is 10.5. The molecule has 0 spiro atoms. The summed E-state index contributed by atoms with van der Waals surface area (Å²) in [6, 6.07) is 0. The Kier molecular flexibility index (Phi) is 7.81. The molecule has 3 nitrogen and oxygen atoms in total. The van der Waals surface area contributed by atoms with E-state index in [-0.39, 0.29) is 6.61 Å². The predicted octanol–water partition coefficient (Wildman–Crippen LogP) is 1.55. The van der Waals surface area contributed by atoms with E-state index in [9.17, 15) is 8.42 Å². The van der Waals surface area contributed by atoms with Crippen molar-refractivity contribution in [1.29, 1.82) is 0 Å². The molecule has 0 aliphatic carbocycles. The third-order valence-corrected chi connectivity index (χ3v) is 2.12. The van der Waals surface area contributed by atoms with Crippen molar-refractivity contribution in [3.8, 4) is 24.2 Å². The minimum atomic E-state index is -3.32. The lowest BCUT2D eigenvalue weighted by Crippen LogP contribution is -2.03. The van der Waals surface area contributed by atoms with Crippen LogP contribution in [-0.4, -0.2) is 21.3 Å². The van der Waals surface area contributed by atoms with E-state index in [0.29, 0.717) is 6.42 Å². The van der Waals surface area contributed by atoms with Gasteiger partial charge in [-0.2, -0.15) is 8.42 Å². The Labute approximate surface area is 92.3 Å². The molecule has 0 aliphatic heterocycles. The first kappa shape index (κ1) is 14.0. The normalized spacial score (nSPS) is 10.1. The second-order valence-electron chi connectivity index (χ2n) is 3.04. The van der Waals surface area contributed by atoms with Crippen LogP contribution in [0.5, 0.6) is 0 Å². The molecular weight excluding hydrogens is 212 g/mol. The zero-order valence-electron chi connectivity index (χ0n) is 8.95. The largest absolute Gasteiger partial charge is 0.269 e. The average Bonchev–Trinajstić information content (AvgIpc) is 2.14. The molecule has 0 aromatic carbocycles. The van der Waals surface area contributed by atoms with Crippen molar-refractivity contribution in [2.45, 2.75) is 32.1 Å². The topological polar surface area (TPSA) is 43.4 Å². The highest BCUT2D eigenvalue weighted by Gasteiger charge is 1.98. The number of terminal acetylenes is 1. The van der Waals surface area contributed by atoms with Crippen LogP contribution >= 0.6 is 0 Å². The fraction of sp³-hybridized carbons (Fsp3) is 0.636. The molecule has 0 rings (SSSR count). The highest BCUT2D eigenvalue weighted by Crippen LogP contribution is 1.97. The van der Waals surface area contributed by atoms with Gasteiger partial charge in [0.1, 0.15) is 0 Å². The third kappa shape index (κ3) is 13.0. The monoisotopic (exact) mass is 228 g/mol. The van der Waals surface area contributed by atoms with Gasteiger partial charge in [0.25, 0.3) is 10.1 Å². The van der Waals surface area contributed by atoms with Gasteiger partial charge in [-0.3, -0.25) is 4.18 Å². The van der Waals surface area contributed by atoms with E-state index in [1.807, 2.05) is 0 Å². The van der Waals surface area contributed by atoms with E-state index in [0.717, 1.165) is 31.9 Å². The third-order valence-electron chi connectivity index (χ3n) is 1.52. The molecule has 0 amide bonds. The van der Waals surface area contributed by atoms with E-state index < -0.39 is 10.1 Å². The van der Waals surface area contributed by atoms with Gasteiger partial charge in [0, 0.05) is 19.3 Å². The second kappa shape index (κ2) is 8.35. The molecule has 0 aromatic rings. The predicted molar refractivity (Wildman–Crippen MR) is 60.5 cm³/mol. The highest BCUT2D eigenvalue weighted by atomic mass is 32.2. The average molecular weight is 228 g/mol. The number of hydrogen-bond donors (Lipinski definition) is 0. The molecule has 0 heterocycles. The molecule has 0 saturated carbocycles. The van der Waals surface area contributed by atoms with Crippen molar-refractivity contribution in [3.05, 3.63) is 0 Å². The van der Waals surface area contributed by atoms with Gasteiger partial charge < -0.3 is 0 Å². The molecule has 0 unspecified atom stereocenters. The molecule has 0 radical (unpaired) electrons. The molecule has 0 aliphatic rings. The lowest BCUT2D eigenvalue weighted by Gasteiger charge is -1.95. The van der Waals surface area contributed by atoms with Crippen molar-refractivity contribution in [3.63, 3.8) is 0 Å². The smallest absolute Gasteiger partial charge is 0.264 e. The fourth-order valence-corrected chi connectivity index (χ4v) is 1.25. The van der Waals surface area contributed by atoms with Crippen LogP contribution < -0.4 is 0 Å². The molecular formula is C11H16O3S. The molecule has 0 saturated heterocycles. The molecule has 84 valence electrons. The first-order valence-electron chi connectivity index (χ1n) is 4.80. The fourth-order valence-electron chi connectivity index (χ4n) is 0.861. The Bertz CT molecular complexity index is 352. The lowest BCUT2D eigenvalue weighted by atomic mass is 10.2. The van der Waals surface area contributed by atoms with Crippen LogP contribution in [0.2, 0.25) is 0 Å². The van der Waals surface area contributed by atoms with Gasteiger partial charge in [-0.25, -0.2) is 0 Å². The van der Waals surface area contributed by atoms with Crippen molar-refractivity contribution in [2.24, 2.45) is 0 Å². The second-order valence-corrected chi connectivity index (χ2v) is 4.68. The Morgan fingerprint density at radius 1 is 1.13 bits per heavy atom. The molecule has 0 fully saturated rings. The number of rotatable bonds is 6. The van der Waals surface area contributed by atoms with Gasteiger partial charge >= 0.3 is 0 Å². The summed E-state index contributed by atoms with van der Waals surface area (Å²) in [5.74, 6) is 8.34. The molecule has 15 heavy (non-hydrogen) atoms. The first-order valence-corrected chi connectivity index (χ1v) is 6.61. The first-order chi connectivity index (χ1) is 7.06. The summed E-state index contributed by atoms with van der Waals surface area (Å²) >= 11 is 0. The van der Waals surface area contributed by atoms with Gasteiger partial charge in [-0.1, -0.05) is 0 Å². The van der Waals surface area contributed by atoms with Crippen molar-refractivity contribution < 1.29 is 12.6 Å². The Morgan fingerprint density at radius 2 is 1.73 bits per heavy atom. The molecule has 0 N–H and O–H groups in total. The summed E-state index contributed by atoms with van der Waals surface area (Å²) in [7, 11) is -3.32.